The van der Waals surface area contributed by atoms with Crippen molar-refractivity contribution in [3.63, 3.8) is 0 Å². The van der Waals surface area contributed by atoms with Gasteiger partial charge in [-0.25, -0.2) is 28.0 Å². The zero-order valence-corrected chi connectivity index (χ0v) is 16.1. The molecule has 2 aliphatic rings. The second-order valence-electron chi connectivity index (χ2n) is 6.83. The molecule has 2 heterocycles. The lowest BCUT2D eigenvalue weighted by Gasteiger charge is -2.34. The van der Waals surface area contributed by atoms with Crippen molar-refractivity contribution in [2.24, 2.45) is 0 Å². The first-order valence-corrected chi connectivity index (χ1v) is 9.13. The quantitative estimate of drug-likeness (QED) is 0.705. The maximum absolute atomic E-state index is 14.6. The van der Waals surface area contributed by atoms with Gasteiger partial charge in [-0.05, 0) is 28.1 Å². The van der Waals surface area contributed by atoms with Crippen LogP contribution in [-0.4, -0.2) is 45.7 Å². The molecule has 1 aromatic carbocycles. The monoisotopic (exact) mass is 465 g/mol. The summed E-state index contributed by atoms with van der Waals surface area (Å²) >= 11 is 2.97. The maximum atomic E-state index is 14.6. The lowest BCUT2D eigenvalue weighted by molar-refractivity contribution is -0.117. The van der Waals surface area contributed by atoms with Crippen molar-refractivity contribution < 1.29 is 22.8 Å². The number of benzene rings is 1. The predicted octanol–water partition coefficient (Wildman–Crippen LogP) is 3.30. The average Bonchev–Trinajstić information content (AvgIpc) is 3.22. The summed E-state index contributed by atoms with van der Waals surface area (Å²) < 4.78 is 43.1. The van der Waals surface area contributed by atoms with Crippen LogP contribution in [0.4, 0.5) is 24.8 Å². The van der Waals surface area contributed by atoms with Crippen LogP contribution in [0.25, 0.3) is 4.85 Å². The number of alkyl halides is 2. The summed E-state index contributed by atoms with van der Waals surface area (Å²) in [7, 11) is 0. The molecule has 0 saturated heterocycles. The van der Waals surface area contributed by atoms with Gasteiger partial charge in [0.15, 0.2) is 0 Å². The van der Waals surface area contributed by atoms with Gasteiger partial charge in [0.25, 0.3) is 11.8 Å². The molecule has 2 amide bonds. The van der Waals surface area contributed by atoms with Crippen LogP contribution in [0.1, 0.15) is 22.3 Å². The van der Waals surface area contributed by atoms with Gasteiger partial charge >= 0.3 is 0 Å². The molecule has 1 saturated carbocycles. The molecule has 1 spiro atoms. The van der Waals surface area contributed by atoms with E-state index in [1.807, 2.05) is 0 Å². The minimum absolute atomic E-state index is 0.00247. The van der Waals surface area contributed by atoms with E-state index in [1.165, 1.54) is 24.5 Å². The van der Waals surface area contributed by atoms with E-state index in [0.29, 0.717) is 0 Å². The first-order chi connectivity index (χ1) is 13.7. The summed E-state index contributed by atoms with van der Waals surface area (Å²) in [6.07, 6.45) is 1.81. The molecule has 1 N–H and O–H groups in total. The number of rotatable bonds is 3. The Morgan fingerprint density at radius 3 is 2.59 bits per heavy atom. The van der Waals surface area contributed by atoms with E-state index in [0.717, 1.165) is 4.90 Å². The molecule has 0 bridgehead atoms. The van der Waals surface area contributed by atoms with Crippen LogP contribution in [-0.2, 0) is 10.2 Å². The summed E-state index contributed by atoms with van der Waals surface area (Å²) in [5.74, 6) is -5.57. The van der Waals surface area contributed by atoms with Crippen molar-refractivity contribution in [1.82, 2.24) is 14.9 Å². The highest BCUT2D eigenvalue weighted by atomic mass is 79.9. The molecular weight excluding hydrogens is 455 g/mol. The Hall–Kier alpha value is -3.00. The van der Waals surface area contributed by atoms with Crippen LogP contribution < -0.4 is 5.32 Å². The number of aromatic nitrogens is 2. The van der Waals surface area contributed by atoms with Crippen LogP contribution >= 0.6 is 15.9 Å². The normalized spacial score (nSPS) is 21.5. The van der Waals surface area contributed by atoms with Crippen LogP contribution in [0.5, 0.6) is 0 Å². The third-order valence-corrected chi connectivity index (χ3v) is 5.62. The van der Waals surface area contributed by atoms with Crippen LogP contribution in [0.3, 0.4) is 0 Å². The van der Waals surface area contributed by atoms with Gasteiger partial charge in [0, 0.05) is 36.5 Å². The van der Waals surface area contributed by atoms with Gasteiger partial charge in [-0.1, -0.05) is 0 Å². The number of amides is 2. The van der Waals surface area contributed by atoms with Gasteiger partial charge in [0.1, 0.15) is 12.4 Å². The molecule has 2 aromatic rings. The minimum Gasteiger partial charge on any atom is -0.328 e. The van der Waals surface area contributed by atoms with Crippen LogP contribution in [0.2, 0.25) is 0 Å². The first kappa shape index (κ1) is 19.3. The fraction of sp³-hybridized carbons (Fsp3) is 0.278. The summed E-state index contributed by atoms with van der Waals surface area (Å²) in [6.45, 7) is 5.83. The fourth-order valence-corrected chi connectivity index (χ4v) is 3.86. The molecule has 1 fully saturated rings. The SMILES string of the molecule is [C-]#[N+]c1cnc(NC(=O)CN2CC3(CC3(F)F)c3c(ccc(Br)c3F)C2=O)nc1. The number of nitrogens with one attached hydrogen (secondary N) is 1. The van der Waals surface area contributed by atoms with E-state index in [-0.39, 0.29) is 27.2 Å². The molecule has 1 aliphatic carbocycles. The molecule has 7 nitrogen and oxygen atoms in total. The Morgan fingerprint density at radius 2 is 2.00 bits per heavy atom. The van der Waals surface area contributed by atoms with Gasteiger partial charge in [-0.15, -0.1) is 0 Å². The van der Waals surface area contributed by atoms with E-state index in [4.69, 9.17) is 6.57 Å². The van der Waals surface area contributed by atoms with Crippen molar-refractivity contribution in [3.05, 3.63) is 57.4 Å². The Morgan fingerprint density at radius 1 is 1.34 bits per heavy atom. The standard InChI is InChI=1S/C18H11BrF3N5O2/c1-23-9-4-24-16(25-5-9)26-12(28)6-27-8-17(7-18(17,21)22)13-10(15(27)29)2-3-11(19)14(13)20/h2-5H,6-8H2,(H,24,25,26,28). The van der Waals surface area contributed by atoms with Crippen molar-refractivity contribution in [2.75, 3.05) is 18.4 Å². The van der Waals surface area contributed by atoms with Gasteiger partial charge in [0.2, 0.25) is 17.5 Å². The highest BCUT2D eigenvalue weighted by Crippen LogP contribution is 2.64. The van der Waals surface area contributed by atoms with Crippen LogP contribution in [0, 0.1) is 12.4 Å². The summed E-state index contributed by atoms with van der Waals surface area (Å²) in [6, 6.07) is 2.55. The molecule has 1 unspecified atom stereocenters. The Bertz CT molecular complexity index is 1090. The largest absolute Gasteiger partial charge is 0.328 e. The number of hydrogen-bond donors (Lipinski definition) is 1. The Labute approximate surface area is 170 Å². The third-order valence-electron chi connectivity index (χ3n) is 5.00. The number of carbonyl (C=O) groups excluding carboxylic acids is 2. The van der Waals surface area contributed by atoms with E-state index < -0.39 is 48.5 Å². The van der Waals surface area contributed by atoms with Crippen LogP contribution in [0.15, 0.2) is 29.0 Å². The molecular formula is C18H11BrF3N5O2. The van der Waals surface area contributed by atoms with E-state index in [2.05, 4.69) is 36.1 Å². The Kier molecular flexibility index (Phi) is 4.34. The fourth-order valence-electron chi connectivity index (χ4n) is 3.53. The average molecular weight is 466 g/mol. The highest BCUT2D eigenvalue weighted by molar-refractivity contribution is 9.10. The van der Waals surface area contributed by atoms with Gasteiger partial charge in [-0.3, -0.25) is 14.9 Å². The zero-order chi connectivity index (χ0) is 21.0. The summed E-state index contributed by atoms with van der Waals surface area (Å²) in [4.78, 5) is 36.7. The second kappa shape index (κ2) is 6.52. The maximum Gasteiger partial charge on any atom is 0.260 e. The zero-order valence-electron chi connectivity index (χ0n) is 14.5. The molecule has 4 rings (SSSR count). The predicted molar refractivity (Wildman–Crippen MR) is 98.2 cm³/mol. The number of nitrogens with zero attached hydrogens (tertiary/aromatic N) is 4. The molecule has 0 radical (unpaired) electrons. The lowest BCUT2D eigenvalue weighted by atomic mass is 9.85. The molecule has 1 aromatic heterocycles. The molecule has 29 heavy (non-hydrogen) atoms. The number of carbonyl (C=O) groups is 2. The summed E-state index contributed by atoms with van der Waals surface area (Å²) in [5, 5.41) is 2.35. The van der Waals surface area contributed by atoms with Crippen molar-refractivity contribution in [1.29, 1.82) is 0 Å². The second-order valence-corrected chi connectivity index (χ2v) is 7.69. The van der Waals surface area contributed by atoms with E-state index in [1.54, 1.807) is 0 Å². The first-order valence-electron chi connectivity index (χ1n) is 8.33. The smallest absolute Gasteiger partial charge is 0.260 e. The van der Waals surface area contributed by atoms with E-state index in [9.17, 15) is 22.8 Å². The molecule has 1 atom stereocenters. The van der Waals surface area contributed by atoms with E-state index >= 15 is 0 Å². The Balaban J connectivity index is 1.59. The van der Waals surface area contributed by atoms with Crippen molar-refractivity contribution in [3.8, 4) is 0 Å². The number of fused-ring (bicyclic) bond motifs is 2. The van der Waals surface area contributed by atoms with Crippen molar-refractivity contribution in [2.45, 2.75) is 17.8 Å². The molecule has 148 valence electrons. The van der Waals surface area contributed by atoms with Gasteiger partial charge in [-0.2, -0.15) is 0 Å². The van der Waals surface area contributed by atoms with Crippen molar-refractivity contribution >= 4 is 39.4 Å². The van der Waals surface area contributed by atoms with Gasteiger partial charge in [0.05, 0.1) is 16.5 Å². The highest BCUT2D eigenvalue weighted by Gasteiger charge is 2.75. The molecule has 1 aliphatic heterocycles. The minimum atomic E-state index is -3.18. The van der Waals surface area contributed by atoms with Gasteiger partial charge < -0.3 is 4.90 Å². The number of hydrogen-bond acceptors (Lipinski definition) is 4. The number of halogens is 4. The summed E-state index contributed by atoms with van der Waals surface area (Å²) in [5.41, 5.74) is -2.16. The number of anilines is 1. The lowest BCUT2D eigenvalue weighted by Crippen LogP contribution is -2.49. The third kappa shape index (κ3) is 3.04. The topological polar surface area (TPSA) is 79.5 Å². The molecule has 11 heteroatoms.